The zero-order valence-corrected chi connectivity index (χ0v) is 11.0. The second-order valence-electron chi connectivity index (χ2n) is 3.68. The predicted molar refractivity (Wildman–Crippen MR) is 65.4 cm³/mol. The Bertz CT molecular complexity index is 681. The molecule has 6 nitrogen and oxygen atoms in total. The van der Waals surface area contributed by atoms with Crippen molar-refractivity contribution in [3.63, 3.8) is 0 Å². The Kier molecular flexibility index (Phi) is 3.38. The van der Waals surface area contributed by atoms with Crippen LogP contribution in [0.25, 0.3) is 5.82 Å². The van der Waals surface area contributed by atoms with Crippen molar-refractivity contribution in [3.05, 3.63) is 35.2 Å². The highest BCUT2D eigenvalue weighted by Gasteiger charge is 2.12. The first kappa shape index (κ1) is 13.0. The summed E-state index contributed by atoms with van der Waals surface area (Å²) in [5.74, 6) is 0.387. The molecule has 0 fully saturated rings. The highest BCUT2D eigenvalue weighted by atomic mass is 35.5. The molecule has 0 aromatic carbocycles. The quantitative estimate of drug-likeness (QED) is 0.903. The van der Waals surface area contributed by atoms with Gasteiger partial charge in [0.05, 0.1) is 24.0 Å². The predicted octanol–water partition coefficient (Wildman–Crippen LogP) is 0.817. The molecule has 0 spiro atoms. The van der Waals surface area contributed by atoms with E-state index in [2.05, 4.69) is 10.1 Å². The minimum Gasteiger partial charge on any atom is -0.392 e. The lowest BCUT2D eigenvalue weighted by atomic mass is 10.3. The highest BCUT2D eigenvalue weighted by molar-refractivity contribution is 7.90. The van der Waals surface area contributed by atoms with Gasteiger partial charge in [-0.25, -0.2) is 18.1 Å². The van der Waals surface area contributed by atoms with Crippen molar-refractivity contribution in [1.29, 1.82) is 0 Å². The highest BCUT2D eigenvalue weighted by Crippen LogP contribution is 2.18. The van der Waals surface area contributed by atoms with Gasteiger partial charge < -0.3 is 5.11 Å². The van der Waals surface area contributed by atoms with Crippen molar-refractivity contribution < 1.29 is 13.5 Å². The Balaban J connectivity index is 2.46. The Morgan fingerprint density at radius 1 is 1.44 bits per heavy atom. The molecule has 0 aliphatic rings. The second kappa shape index (κ2) is 4.68. The van der Waals surface area contributed by atoms with Gasteiger partial charge in [0.1, 0.15) is 4.90 Å². The third-order valence-electron chi connectivity index (χ3n) is 2.31. The van der Waals surface area contributed by atoms with Gasteiger partial charge in [-0.2, -0.15) is 5.10 Å². The van der Waals surface area contributed by atoms with Gasteiger partial charge in [-0.3, -0.25) is 0 Å². The minimum absolute atomic E-state index is 0.102. The average molecular weight is 288 g/mol. The lowest BCUT2D eigenvalue weighted by Crippen LogP contribution is -2.00. The Hall–Kier alpha value is -1.44. The van der Waals surface area contributed by atoms with Crippen LogP contribution in [0.3, 0.4) is 0 Å². The molecule has 0 atom stereocenters. The van der Waals surface area contributed by atoms with Crippen LogP contribution in [0.15, 0.2) is 29.6 Å². The second-order valence-corrected chi connectivity index (χ2v) is 6.11. The van der Waals surface area contributed by atoms with Crippen LogP contribution in [0, 0.1) is 0 Å². The number of hydrogen-bond donors (Lipinski definition) is 1. The standard InChI is InChI=1S/C10H10ClN3O3S/c1-18(16,17)8-3-13-14(5-8)10-2-7(6-15)9(11)4-12-10/h2-5,15H,6H2,1H3. The summed E-state index contributed by atoms with van der Waals surface area (Å²) in [4.78, 5) is 4.12. The molecule has 2 aromatic rings. The number of aliphatic hydroxyl groups excluding tert-OH is 1. The third-order valence-corrected chi connectivity index (χ3v) is 3.72. The van der Waals surface area contributed by atoms with Crippen molar-refractivity contribution in [2.75, 3.05) is 6.26 Å². The van der Waals surface area contributed by atoms with Gasteiger partial charge in [0.2, 0.25) is 0 Å². The molecule has 0 radical (unpaired) electrons. The van der Waals surface area contributed by atoms with E-state index in [1.54, 1.807) is 6.07 Å². The topological polar surface area (TPSA) is 85.1 Å². The van der Waals surface area contributed by atoms with Crippen molar-refractivity contribution >= 4 is 21.4 Å². The molecular formula is C10H10ClN3O3S. The van der Waals surface area contributed by atoms with Crippen LogP contribution in [-0.4, -0.2) is 34.5 Å². The maximum atomic E-state index is 11.3. The number of hydrogen-bond acceptors (Lipinski definition) is 5. The molecule has 0 aliphatic heterocycles. The molecule has 1 N–H and O–H groups in total. The molecule has 18 heavy (non-hydrogen) atoms. The largest absolute Gasteiger partial charge is 0.392 e. The first-order chi connectivity index (χ1) is 8.41. The van der Waals surface area contributed by atoms with Crippen molar-refractivity contribution in [3.8, 4) is 5.82 Å². The van der Waals surface area contributed by atoms with Gasteiger partial charge in [-0.1, -0.05) is 11.6 Å². The molecule has 2 rings (SSSR count). The lowest BCUT2D eigenvalue weighted by Gasteiger charge is -2.04. The zero-order valence-electron chi connectivity index (χ0n) is 9.41. The smallest absolute Gasteiger partial charge is 0.178 e. The van der Waals surface area contributed by atoms with E-state index in [-0.39, 0.29) is 11.5 Å². The molecule has 0 amide bonds. The number of aromatic nitrogens is 3. The molecule has 2 aromatic heterocycles. The van der Waals surface area contributed by atoms with Gasteiger partial charge in [0, 0.05) is 18.0 Å². The van der Waals surface area contributed by atoms with Gasteiger partial charge in [0.25, 0.3) is 0 Å². The Morgan fingerprint density at radius 3 is 2.72 bits per heavy atom. The van der Waals surface area contributed by atoms with Crippen LogP contribution >= 0.6 is 11.6 Å². The molecule has 0 saturated carbocycles. The van der Waals surface area contributed by atoms with E-state index in [0.717, 1.165) is 6.26 Å². The number of nitrogens with zero attached hydrogens (tertiary/aromatic N) is 3. The van der Waals surface area contributed by atoms with Crippen molar-refractivity contribution in [1.82, 2.24) is 14.8 Å². The zero-order chi connectivity index (χ0) is 13.3. The summed E-state index contributed by atoms with van der Waals surface area (Å²) in [7, 11) is -3.30. The summed E-state index contributed by atoms with van der Waals surface area (Å²) < 4.78 is 24.0. The maximum absolute atomic E-state index is 11.3. The Labute approximate surface area is 109 Å². The van der Waals surface area contributed by atoms with E-state index in [9.17, 15) is 8.42 Å². The van der Waals surface area contributed by atoms with Crippen LogP contribution in [-0.2, 0) is 16.4 Å². The molecule has 0 unspecified atom stereocenters. The van der Waals surface area contributed by atoms with Crippen LogP contribution in [0.2, 0.25) is 5.02 Å². The number of sulfone groups is 1. The summed E-state index contributed by atoms with van der Waals surface area (Å²) in [6.45, 7) is -0.228. The van der Waals surface area contributed by atoms with E-state index in [1.807, 2.05) is 0 Å². The van der Waals surface area contributed by atoms with E-state index in [4.69, 9.17) is 16.7 Å². The number of aliphatic hydroxyl groups is 1. The fourth-order valence-electron chi connectivity index (χ4n) is 1.34. The third kappa shape index (κ3) is 2.53. The fourth-order valence-corrected chi connectivity index (χ4v) is 2.03. The van der Waals surface area contributed by atoms with Crippen molar-refractivity contribution in [2.24, 2.45) is 0 Å². The molecule has 0 aliphatic carbocycles. The van der Waals surface area contributed by atoms with Crippen molar-refractivity contribution in [2.45, 2.75) is 11.5 Å². The summed E-state index contributed by atoms with van der Waals surface area (Å²) in [5, 5.41) is 13.3. The van der Waals surface area contributed by atoms with Crippen LogP contribution in [0.5, 0.6) is 0 Å². The Morgan fingerprint density at radius 2 is 2.17 bits per heavy atom. The molecule has 8 heteroatoms. The summed E-state index contributed by atoms with van der Waals surface area (Å²) in [6.07, 6.45) is 5.07. The van der Waals surface area contributed by atoms with E-state index >= 15 is 0 Å². The molecular weight excluding hydrogens is 278 g/mol. The van der Waals surface area contributed by atoms with Crippen LogP contribution < -0.4 is 0 Å². The SMILES string of the molecule is CS(=O)(=O)c1cnn(-c2cc(CO)c(Cl)cn2)c1. The summed E-state index contributed by atoms with van der Waals surface area (Å²) in [6, 6.07) is 1.54. The monoisotopic (exact) mass is 287 g/mol. The van der Waals surface area contributed by atoms with Gasteiger partial charge in [-0.05, 0) is 6.07 Å². The first-order valence-corrected chi connectivity index (χ1v) is 7.19. The summed E-state index contributed by atoms with van der Waals surface area (Å²) >= 11 is 5.81. The molecule has 2 heterocycles. The molecule has 0 saturated heterocycles. The van der Waals surface area contributed by atoms with Gasteiger partial charge in [-0.15, -0.1) is 0 Å². The van der Waals surface area contributed by atoms with E-state index in [0.29, 0.717) is 16.4 Å². The minimum atomic E-state index is -3.30. The maximum Gasteiger partial charge on any atom is 0.178 e. The van der Waals surface area contributed by atoms with Gasteiger partial charge >= 0.3 is 0 Å². The van der Waals surface area contributed by atoms with Gasteiger partial charge in [0.15, 0.2) is 15.7 Å². The normalized spacial score (nSPS) is 11.7. The average Bonchev–Trinajstić information content (AvgIpc) is 2.78. The van der Waals surface area contributed by atoms with Crippen LogP contribution in [0.4, 0.5) is 0 Å². The number of pyridine rings is 1. The number of halogens is 1. The molecule has 96 valence electrons. The van der Waals surface area contributed by atoms with Crippen LogP contribution in [0.1, 0.15) is 5.56 Å². The fraction of sp³-hybridized carbons (Fsp3) is 0.200. The first-order valence-electron chi connectivity index (χ1n) is 4.92. The molecule has 0 bridgehead atoms. The van der Waals surface area contributed by atoms with E-state index < -0.39 is 9.84 Å². The number of rotatable bonds is 3. The lowest BCUT2D eigenvalue weighted by molar-refractivity contribution is 0.281. The summed E-state index contributed by atoms with van der Waals surface area (Å²) in [5.41, 5.74) is 0.498. The van der Waals surface area contributed by atoms with E-state index in [1.165, 1.54) is 23.3 Å².